The smallest absolute Gasteiger partial charge is 0.231 e. The van der Waals surface area contributed by atoms with Crippen molar-refractivity contribution in [2.24, 2.45) is 5.92 Å². The van der Waals surface area contributed by atoms with Gasteiger partial charge in [0, 0.05) is 12.7 Å². The number of nitrogens with zero attached hydrogens (tertiary/aromatic N) is 3. The van der Waals surface area contributed by atoms with Crippen LogP contribution in [0.5, 0.6) is 5.75 Å². The van der Waals surface area contributed by atoms with Crippen molar-refractivity contribution in [2.45, 2.75) is 45.1 Å². The molecule has 6 nitrogen and oxygen atoms in total. The molecule has 2 heterocycles. The van der Waals surface area contributed by atoms with E-state index < -0.39 is 0 Å². The predicted octanol–water partition coefficient (Wildman–Crippen LogP) is 5.23. The Morgan fingerprint density at radius 1 is 1.09 bits per heavy atom. The standard InChI is InChI=1S/C26H27N3O3/c1-31-20-12-13-23-21(15-20)25(30)22(17-29(23)16-19-10-6-3-7-11-19)26-27-24(32-28-26)14-18-8-4-2-5-9-18/h2,4-5,8-9,12-13,15,17,19H,3,6-7,10-11,14,16H2,1H3. The SMILES string of the molecule is COc1ccc2c(c1)c(=O)c(-c1noc(Cc3ccccc3)n1)cn2CC1CCCCC1. The van der Waals surface area contributed by atoms with E-state index in [2.05, 4.69) is 14.7 Å². The minimum absolute atomic E-state index is 0.106. The molecule has 0 radical (unpaired) electrons. The summed E-state index contributed by atoms with van der Waals surface area (Å²) in [6, 6.07) is 15.7. The van der Waals surface area contributed by atoms with Crippen molar-refractivity contribution in [3.63, 3.8) is 0 Å². The first kappa shape index (κ1) is 20.5. The van der Waals surface area contributed by atoms with Crippen LogP contribution in [0.25, 0.3) is 22.3 Å². The Morgan fingerprint density at radius 2 is 1.91 bits per heavy atom. The molecule has 0 atom stereocenters. The van der Waals surface area contributed by atoms with Gasteiger partial charge in [-0.05, 0) is 42.5 Å². The molecule has 6 heteroatoms. The van der Waals surface area contributed by atoms with Crippen LogP contribution in [0.4, 0.5) is 0 Å². The highest BCUT2D eigenvalue weighted by Gasteiger charge is 2.20. The Bertz CT molecular complexity index is 1270. The van der Waals surface area contributed by atoms with Gasteiger partial charge in [0.05, 0.1) is 30.0 Å². The third kappa shape index (κ3) is 4.17. The molecule has 0 N–H and O–H groups in total. The van der Waals surface area contributed by atoms with Gasteiger partial charge in [-0.3, -0.25) is 4.79 Å². The summed E-state index contributed by atoms with van der Waals surface area (Å²) in [6.45, 7) is 0.880. The normalized spacial score (nSPS) is 14.7. The molecular weight excluding hydrogens is 402 g/mol. The zero-order valence-electron chi connectivity index (χ0n) is 18.3. The molecule has 0 aliphatic heterocycles. The minimum Gasteiger partial charge on any atom is -0.497 e. The third-order valence-electron chi connectivity index (χ3n) is 6.37. The molecular formula is C26H27N3O3. The lowest BCUT2D eigenvalue weighted by Gasteiger charge is -2.24. The van der Waals surface area contributed by atoms with Gasteiger partial charge in [-0.15, -0.1) is 0 Å². The van der Waals surface area contributed by atoms with Crippen LogP contribution in [0.2, 0.25) is 0 Å². The molecule has 1 fully saturated rings. The molecule has 1 aliphatic rings. The van der Waals surface area contributed by atoms with Crippen molar-refractivity contribution in [3.8, 4) is 17.1 Å². The zero-order chi connectivity index (χ0) is 21.9. The lowest BCUT2D eigenvalue weighted by Crippen LogP contribution is -2.18. The molecule has 0 unspecified atom stereocenters. The highest BCUT2D eigenvalue weighted by Crippen LogP contribution is 2.28. The number of ether oxygens (including phenoxy) is 1. The average molecular weight is 430 g/mol. The summed E-state index contributed by atoms with van der Waals surface area (Å²) in [5.74, 6) is 2.11. The molecule has 164 valence electrons. The maximum Gasteiger partial charge on any atom is 0.231 e. The van der Waals surface area contributed by atoms with Crippen LogP contribution in [0, 0.1) is 5.92 Å². The van der Waals surface area contributed by atoms with Gasteiger partial charge < -0.3 is 13.8 Å². The first-order chi connectivity index (χ1) is 15.7. The number of hydrogen-bond acceptors (Lipinski definition) is 5. The quantitative estimate of drug-likeness (QED) is 0.420. The van der Waals surface area contributed by atoms with Crippen LogP contribution < -0.4 is 10.2 Å². The van der Waals surface area contributed by atoms with Crippen molar-refractivity contribution in [1.82, 2.24) is 14.7 Å². The van der Waals surface area contributed by atoms with Crippen molar-refractivity contribution in [3.05, 3.63) is 76.4 Å². The second kappa shape index (κ2) is 8.99. The average Bonchev–Trinajstić information content (AvgIpc) is 3.30. The number of methoxy groups -OCH3 is 1. The van der Waals surface area contributed by atoms with Crippen molar-refractivity contribution >= 4 is 10.9 Å². The topological polar surface area (TPSA) is 70.2 Å². The van der Waals surface area contributed by atoms with Crippen LogP contribution in [-0.4, -0.2) is 21.8 Å². The summed E-state index contributed by atoms with van der Waals surface area (Å²) in [7, 11) is 1.61. The third-order valence-corrected chi connectivity index (χ3v) is 6.37. The molecule has 32 heavy (non-hydrogen) atoms. The van der Waals surface area contributed by atoms with E-state index in [4.69, 9.17) is 9.26 Å². The van der Waals surface area contributed by atoms with Crippen molar-refractivity contribution < 1.29 is 9.26 Å². The summed E-state index contributed by atoms with van der Waals surface area (Å²) < 4.78 is 13.1. The summed E-state index contributed by atoms with van der Waals surface area (Å²) >= 11 is 0. The Labute approximate surface area is 186 Å². The van der Waals surface area contributed by atoms with Crippen LogP contribution in [-0.2, 0) is 13.0 Å². The first-order valence-electron chi connectivity index (χ1n) is 11.3. The van der Waals surface area contributed by atoms with Gasteiger partial charge in [0.25, 0.3) is 0 Å². The minimum atomic E-state index is -0.106. The second-order valence-corrected chi connectivity index (χ2v) is 8.59. The maximum atomic E-state index is 13.4. The fraction of sp³-hybridized carbons (Fsp3) is 0.346. The van der Waals surface area contributed by atoms with E-state index in [-0.39, 0.29) is 5.43 Å². The van der Waals surface area contributed by atoms with Gasteiger partial charge in [-0.2, -0.15) is 4.98 Å². The van der Waals surface area contributed by atoms with E-state index in [1.165, 1.54) is 32.1 Å². The monoisotopic (exact) mass is 429 g/mol. The molecule has 2 aromatic carbocycles. The number of aromatic nitrogens is 3. The van der Waals surface area contributed by atoms with E-state index >= 15 is 0 Å². The van der Waals surface area contributed by atoms with Gasteiger partial charge in [0.2, 0.25) is 17.1 Å². The van der Waals surface area contributed by atoms with E-state index in [1.807, 2.05) is 54.7 Å². The van der Waals surface area contributed by atoms with Crippen molar-refractivity contribution in [1.29, 1.82) is 0 Å². The molecule has 5 rings (SSSR count). The molecule has 0 amide bonds. The largest absolute Gasteiger partial charge is 0.497 e. The number of pyridine rings is 1. The van der Waals surface area contributed by atoms with Crippen LogP contribution in [0.1, 0.15) is 43.6 Å². The number of rotatable bonds is 6. The Morgan fingerprint density at radius 3 is 2.69 bits per heavy atom. The van der Waals surface area contributed by atoms with Gasteiger partial charge in [-0.25, -0.2) is 0 Å². The van der Waals surface area contributed by atoms with Crippen LogP contribution >= 0.6 is 0 Å². The van der Waals surface area contributed by atoms with E-state index in [0.29, 0.717) is 40.8 Å². The highest BCUT2D eigenvalue weighted by atomic mass is 16.5. The molecule has 4 aromatic rings. The fourth-order valence-corrected chi connectivity index (χ4v) is 4.67. The van der Waals surface area contributed by atoms with Crippen LogP contribution in [0.3, 0.4) is 0 Å². The highest BCUT2D eigenvalue weighted by molar-refractivity contribution is 5.84. The van der Waals surface area contributed by atoms with Gasteiger partial charge >= 0.3 is 0 Å². The lowest BCUT2D eigenvalue weighted by atomic mass is 9.89. The fourth-order valence-electron chi connectivity index (χ4n) is 4.67. The number of benzene rings is 2. The second-order valence-electron chi connectivity index (χ2n) is 8.59. The van der Waals surface area contributed by atoms with Gasteiger partial charge in [-0.1, -0.05) is 54.8 Å². The van der Waals surface area contributed by atoms with Gasteiger partial charge in [0.15, 0.2) is 0 Å². The molecule has 0 bridgehead atoms. The lowest BCUT2D eigenvalue weighted by molar-refractivity contribution is 0.322. The molecule has 1 saturated carbocycles. The Kier molecular flexibility index (Phi) is 5.75. The van der Waals surface area contributed by atoms with Gasteiger partial charge in [0.1, 0.15) is 5.75 Å². The van der Waals surface area contributed by atoms with E-state index in [9.17, 15) is 4.79 Å². The Balaban J connectivity index is 1.56. The molecule has 2 aromatic heterocycles. The summed E-state index contributed by atoms with van der Waals surface area (Å²) in [5, 5.41) is 4.77. The molecule has 1 aliphatic carbocycles. The Hall–Kier alpha value is -3.41. The summed E-state index contributed by atoms with van der Waals surface area (Å²) in [4.78, 5) is 18.0. The van der Waals surface area contributed by atoms with Crippen LogP contribution in [0.15, 0.2) is 64.0 Å². The maximum absolute atomic E-state index is 13.4. The van der Waals surface area contributed by atoms with Crippen molar-refractivity contribution in [2.75, 3.05) is 7.11 Å². The summed E-state index contributed by atoms with van der Waals surface area (Å²) in [5.41, 5.74) is 2.36. The summed E-state index contributed by atoms with van der Waals surface area (Å²) in [6.07, 6.45) is 8.75. The van der Waals surface area contributed by atoms with E-state index in [1.54, 1.807) is 7.11 Å². The number of fused-ring (bicyclic) bond motifs is 1. The first-order valence-corrected chi connectivity index (χ1v) is 11.3. The molecule has 0 saturated heterocycles. The zero-order valence-corrected chi connectivity index (χ0v) is 18.3. The molecule has 0 spiro atoms. The predicted molar refractivity (Wildman–Crippen MR) is 124 cm³/mol. The van der Waals surface area contributed by atoms with E-state index in [0.717, 1.165) is 17.6 Å². The number of hydrogen-bond donors (Lipinski definition) is 0.